The summed E-state index contributed by atoms with van der Waals surface area (Å²) in [5.41, 5.74) is -0.378. The maximum absolute atomic E-state index is 11.8. The fourth-order valence-corrected chi connectivity index (χ4v) is 2.55. The molecule has 1 saturated heterocycles. The van der Waals surface area contributed by atoms with E-state index in [0.717, 1.165) is 5.75 Å². The summed E-state index contributed by atoms with van der Waals surface area (Å²) in [5, 5.41) is -0.147. The lowest BCUT2D eigenvalue weighted by Crippen LogP contribution is -2.45. The van der Waals surface area contributed by atoms with Crippen molar-refractivity contribution in [2.45, 2.75) is 44.9 Å². The number of rotatable bonds is 2. The molecule has 0 aromatic heterocycles. The quantitative estimate of drug-likeness (QED) is 0.657. The largest absolute Gasteiger partial charge is 0.276 e. The van der Waals surface area contributed by atoms with Gasteiger partial charge in [0.05, 0.1) is 5.25 Å². The lowest BCUT2D eigenvalue weighted by Gasteiger charge is -2.30. The lowest BCUT2D eigenvalue weighted by atomic mass is 10.1. The van der Waals surface area contributed by atoms with Crippen LogP contribution in [0.25, 0.3) is 0 Å². The first kappa shape index (κ1) is 11.6. The summed E-state index contributed by atoms with van der Waals surface area (Å²) >= 11 is 1.56. The van der Waals surface area contributed by atoms with Gasteiger partial charge in [-0.25, -0.2) is 0 Å². The number of thioether (sulfide) groups is 1. The van der Waals surface area contributed by atoms with Crippen LogP contribution >= 0.6 is 11.8 Å². The van der Waals surface area contributed by atoms with E-state index in [2.05, 4.69) is 0 Å². The summed E-state index contributed by atoms with van der Waals surface area (Å²) in [5.74, 6) is 0.824. The van der Waals surface area contributed by atoms with Crippen LogP contribution in [-0.4, -0.2) is 33.3 Å². The molecule has 1 heterocycles. The normalized spacial score (nSPS) is 23.4. The van der Waals surface area contributed by atoms with Crippen molar-refractivity contribution in [3.05, 3.63) is 0 Å². The van der Waals surface area contributed by atoms with E-state index in [-0.39, 0.29) is 22.6 Å². The van der Waals surface area contributed by atoms with Crippen molar-refractivity contribution in [1.82, 2.24) is 4.90 Å². The number of carbonyl (C=O) groups excluding carboxylic acids is 2. The van der Waals surface area contributed by atoms with Crippen molar-refractivity contribution in [2.75, 3.05) is 5.75 Å². The van der Waals surface area contributed by atoms with Crippen LogP contribution in [0.3, 0.4) is 0 Å². The minimum absolute atomic E-state index is 0.0191. The zero-order valence-corrected chi connectivity index (χ0v) is 9.98. The summed E-state index contributed by atoms with van der Waals surface area (Å²) in [7, 11) is 0. The third-order valence-corrected chi connectivity index (χ3v) is 3.25. The summed E-state index contributed by atoms with van der Waals surface area (Å²) in [6.45, 7) is 7.67. The second-order valence-corrected chi connectivity index (χ2v) is 5.87. The Bertz CT molecular complexity index is 257. The SMILES string of the molecule is CCSC1CC(=O)N(C(C)(C)C)C1=O. The number of amides is 2. The van der Waals surface area contributed by atoms with Crippen molar-refractivity contribution >= 4 is 23.6 Å². The third-order valence-electron chi connectivity index (χ3n) is 2.14. The van der Waals surface area contributed by atoms with Gasteiger partial charge >= 0.3 is 0 Å². The summed E-state index contributed by atoms with van der Waals surface area (Å²) < 4.78 is 0. The average molecular weight is 215 g/mol. The molecule has 1 atom stereocenters. The van der Waals surface area contributed by atoms with Crippen molar-refractivity contribution in [1.29, 1.82) is 0 Å². The molecule has 4 heteroatoms. The topological polar surface area (TPSA) is 37.4 Å². The standard InChI is InChI=1S/C10H17NO2S/c1-5-14-7-6-8(12)11(9(7)13)10(2,3)4/h7H,5-6H2,1-4H3. The van der Waals surface area contributed by atoms with Gasteiger partial charge in [0, 0.05) is 12.0 Å². The molecule has 0 bridgehead atoms. The van der Waals surface area contributed by atoms with Gasteiger partial charge in [-0.05, 0) is 26.5 Å². The second kappa shape index (κ2) is 3.93. The van der Waals surface area contributed by atoms with E-state index in [1.165, 1.54) is 4.90 Å². The summed E-state index contributed by atoms with van der Waals surface area (Å²) in [6, 6.07) is 0. The molecule has 2 amide bonds. The van der Waals surface area contributed by atoms with Gasteiger partial charge in [-0.3, -0.25) is 14.5 Å². The van der Waals surface area contributed by atoms with Gasteiger partial charge in [0.25, 0.3) is 0 Å². The number of hydrogen-bond acceptors (Lipinski definition) is 3. The van der Waals surface area contributed by atoms with E-state index in [1.54, 1.807) is 11.8 Å². The van der Waals surface area contributed by atoms with Crippen molar-refractivity contribution in [2.24, 2.45) is 0 Å². The molecule has 0 radical (unpaired) electrons. The van der Waals surface area contributed by atoms with E-state index in [1.807, 2.05) is 27.7 Å². The Morgan fingerprint density at radius 1 is 1.43 bits per heavy atom. The van der Waals surface area contributed by atoms with Crippen LogP contribution in [0, 0.1) is 0 Å². The highest BCUT2D eigenvalue weighted by atomic mass is 32.2. The molecule has 0 N–H and O–H groups in total. The van der Waals surface area contributed by atoms with Crippen molar-refractivity contribution in [3.8, 4) is 0 Å². The Kier molecular flexibility index (Phi) is 3.24. The first-order chi connectivity index (χ1) is 6.38. The van der Waals surface area contributed by atoms with Gasteiger partial charge < -0.3 is 0 Å². The fraction of sp³-hybridized carbons (Fsp3) is 0.800. The van der Waals surface area contributed by atoms with Crippen LogP contribution in [0.15, 0.2) is 0 Å². The number of nitrogens with zero attached hydrogens (tertiary/aromatic N) is 1. The fourth-order valence-electron chi connectivity index (χ4n) is 1.64. The van der Waals surface area contributed by atoms with Crippen LogP contribution < -0.4 is 0 Å². The summed E-state index contributed by atoms with van der Waals surface area (Å²) in [6.07, 6.45) is 0.370. The first-order valence-electron chi connectivity index (χ1n) is 4.86. The maximum atomic E-state index is 11.8. The molecule has 0 aliphatic carbocycles. The zero-order valence-electron chi connectivity index (χ0n) is 9.16. The van der Waals surface area contributed by atoms with Gasteiger partial charge in [0.15, 0.2) is 0 Å². The summed E-state index contributed by atoms with van der Waals surface area (Å²) in [4.78, 5) is 24.8. The number of hydrogen-bond donors (Lipinski definition) is 0. The predicted molar refractivity (Wildman–Crippen MR) is 58.1 cm³/mol. The van der Waals surface area contributed by atoms with E-state index in [0.29, 0.717) is 6.42 Å². The first-order valence-corrected chi connectivity index (χ1v) is 5.91. The number of likely N-dealkylation sites (tertiary alicyclic amines) is 1. The van der Waals surface area contributed by atoms with Gasteiger partial charge in [-0.15, -0.1) is 11.8 Å². The monoisotopic (exact) mass is 215 g/mol. The molecular formula is C10H17NO2S. The van der Waals surface area contributed by atoms with E-state index in [4.69, 9.17) is 0 Å². The highest BCUT2D eigenvalue weighted by Crippen LogP contribution is 2.29. The van der Waals surface area contributed by atoms with Crippen LogP contribution in [0.2, 0.25) is 0 Å². The number of imide groups is 1. The van der Waals surface area contributed by atoms with Crippen molar-refractivity contribution in [3.63, 3.8) is 0 Å². The Labute approximate surface area is 89.2 Å². The minimum Gasteiger partial charge on any atom is -0.276 e. The lowest BCUT2D eigenvalue weighted by molar-refractivity contribution is -0.143. The Balaban J connectivity index is 2.81. The smallest absolute Gasteiger partial charge is 0.243 e. The van der Waals surface area contributed by atoms with Gasteiger partial charge in [-0.1, -0.05) is 6.92 Å². The molecule has 14 heavy (non-hydrogen) atoms. The van der Waals surface area contributed by atoms with Gasteiger partial charge in [0.2, 0.25) is 11.8 Å². The maximum Gasteiger partial charge on any atom is 0.243 e. The molecule has 0 aromatic rings. The Morgan fingerprint density at radius 2 is 2.00 bits per heavy atom. The molecule has 1 unspecified atom stereocenters. The molecular weight excluding hydrogens is 198 g/mol. The predicted octanol–water partition coefficient (Wildman–Crippen LogP) is 1.67. The van der Waals surface area contributed by atoms with Crippen LogP contribution in [0.4, 0.5) is 0 Å². The van der Waals surface area contributed by atoms with Crippen LogP contribution in [0.5, 0.6) is 0 Å². The molecule has 1 aliphatic rings. The number of carbonyl (C=O) groups is 2. The molecule has 1 aliphatic heterocycles. The average Bonchev–Trinajstić information content (AvgIpc) is 2.26. The molecule has 0 saturated carbocycles. The molecule has 0 spiro atoms. The zero-order chi connectivity index (χ0) is 10.9. The third kappa shape index (κ3) is 2.11. The van der Waals surface area contributed by atoms with Gasteiger partial charge in [-0.2, -0.15) is 0 Å². The highest BCUT2D eigenvalue weighted by molar-refractivity contribution is 8.00. The van der Waals surface area contributed by atoms with E-state index >= 15 is 0 Å². The highest BCUT2D eigenvalue weighted by Gasteiger charge is 2.43. The molecule has 0 aromatic carbocycles. The van der Waals surface area contributed by atoms with Gasteiger partial charge in [0.1, 0.15) is 0 Å². The van der Waals surface area contributed by atoms with Crippen LogP contribution in [0.1, 0.15) is 34.1 Å². The molecule has 3 nitrogen and oxygen atoms in total. The molecule has 80 valence electrons. The minimum atomic E-state index is -0.378. The Hall–Kier alpha value is -0.510. The van der Waals surface area contributed by atoms with E-state index in [9.17, 15) is 9.59 Å². The van der Waals surface area contributed by atoms with Crippen LogP contribution in [-0.2, 0) is 9.59 Å². The van der Waals surface area contributed by atoms with E-state index < -0.39 is 0 Å². The molecule has 1 fully saturated rings. The Morgan fingerprint density at radius 3 is 2.36 bits per heavy atom. The van der Waals surface area contributed by atoms with Crippen molar-refractivity contribution < 1.29 is 9.59 Å². The molecule has 1 rings (SSSR count). The second-order valence-electron chi connectivity index (χ2n) is 4.39.